The van der Waals surface area contributed by atoms with E-state index in [1.807, 2.05) is 0 Å². The Morgan fingerprint density at radius 2 is 0.963 bits per heavy atom. The lowest BCUT2D eigenvalue weighted by Gasteiger charge is -2.24. The van der Waals surface area contributed by atoms with Crippen LogP contribution in [0, 0.1) is 0 Å². The normalized spacial score (nSPS) is 13.5. The molecule has 0 bridgehead atoms. The number of rotatable bonds is 7. The lowest BCUT2D eigenvalue weighted by Crippen LogP contribution is -2.15. The van der Waals surface area contributed by atoms with Crippen molar-refractivity contribution in [3.05, 3.63) is 222 Å². The Hall–Kier alpha value is -6.44. The van der Waals surface area contributed by atoms with E-state index in [-0.39, 0.29) is 11.3 Å². The third-order valence-electron chi connectivity index (χ3n) is 11.8. The monoisotopic (exact) mass is 691 g/mol. The van der Waals surface area contributed by atoms with Gasteiger partial charge in [-0.2, -0.15) is 0 Å². The van der Waals surface area contributed by atoms with Crippen molar-refractivity contribution >= 4 is 21.8 Å². The molecule has 10 rings (SSSR count). The lowest BCUT2D eigenvalue weighted by molar-refractivity contribution is 0.659. The van der Waals surface area contributed by atoms with Crippen molar-refractivity contribution in [2.45, 2.75) is 31.6 Å². The maximum absolute atomic E-state index is 2.50. The largest absolute Gasteiger partial charge is 0.309 e. The van der Waals surface area contributed by atoms with Gasteiger partial charge in [0.2, 0.25) is 0 Å². The van der Waals surface area contributed by atoms with Crippen LogP contribution in [0.1, 0.15) is 47.6 Å². The molecule has 0 spiro atoms. The van der Waals surface area contributed by atoms with Crippen LogP contribution in [-0.2, 0) is 11.8 Å². The van der Waals surface area contributed by atoms with Gasteiger partial charge in [-0.25, -0.2) is 0 Å². The summed E-state index contributed by atoms with van der Waals surface area (Å²) in [6.07, 6.45) is 0.879. The van der Waals surface area contributed by atoms with Crippen molar-refractivity contribution in [2.24, 2.45) is 0 Å². The SMILES string of the molecule is CC1(C)c2ccccc2-c2cc([C@H](Cc3ccc(-n4c5ccccc5c5ccccc54)cc3)c3cc(-c4ccccc4)cc(-c4ccccc4)c3)ccc21. The van der Waals surface area contributed by atoms with Gasteiger partial charge in [-0.05, 0) is 98.0 Å². The van der Waals surface area contributed by atoms with Gasteiger partial charge in [0.1, 0.15) is 0 Å². The van der Waals surface area contributed by atoms with E-state index in [1.165, 1.54) is 88.7 Å². The third-order valence-corrected chi connectivity index (χ3v) is 11.8. The summed E-state index contributed by atoms with van der Waals surface area (Å²) in [5.74, 6) is 0.136. The van der Waals surface area contributed by atoms with Crippen molar-refractivity contribution in [3.8, 4) is 39.1 Å². The van der Waals surface area contributed by atoms with E-state index in [0.29, 0.717) is 0 Å². The molecular formula is C53H41N. The minimum atomic E-state index is -0.0315. The predicted octanol–water partition coefficient (Wildman–Crippen LogP) is 13.8. The fourth-order valence-electron chi connectivity index (χ4n) is 9.05. The number of nitrogens with zero attached hydrogens (tertiary/aromatic N) is 1. The van der Waals surface area contributed by atoms with Gasteiger partial charge in [-0.3, -0.25) is 0 Å². The maximum atomic E-state index is 2.50. The van der Waals surface area contributed by atoms with Crippen LogP contribution in [0.15, 0.2) is 194 Å². The summed E-state index contributed by atoms with van der Waals surface area (Å²) in [4.78, 5) is 0. The number of hydrogen-bond acceptors (Lipinski definition) is 0. The second-order valence-corrected chi connectivity index (χ2v) is 15.3. The van der Waals surface area contributed by atoms with Crippen molar-refractivity contribution < 1.29 is 0 Å². The molecule has 54 heavy (non-hydrogen) atoms. The molecule has 0 N–H and O–H groups in total. The van der Waals surface area contributed by atoms with Crippen LogP contribution in [0.5, 0.6) is 0 Å². The smallest absolute Gasteiger partial charge is 0.0541 e. The van der Waals surface area contributed by atoms with Gasteiger partial charge in [-0.15, -0.1) is 0 Å². The Morgan fingerprint density at radius 3 is 1.59 bits per heavy atom. The third kappa shape index (κ3) is 5.39. The van der Waals surface area contributed by atoms with Gasteiger partial charge in [0.15, 0.2) is 0 Å². The summed E-state index contributed by atoms with van der Waals surface area (Å²) in [6, 6.07) is 71.9. The van der Waals surface area contributed by atoms with E-state index >= 15 is 0 Å². The quantitative estimate of drug-likeness (QED) is 0.157. The number of fused-ring (bicyclic) bond motifs is 6. The van der Waals surface area contributed by atoms with Crippen LogP contribution < -0.4 is 0 Å². The number of aromatic nitrogens is 1. The molecule has 0 radical (unpaired) electrons. The van der Waals surface area contributed by atoms with Gasteiger partial charge in [0, 0.05) is 27.8 Å². The van der Waals surface area contributed by atoms with Gasteiger partial charge < -0.3 is 4.57 Å². The van der Waals surface area contributed by atoms with E-state index < -0.39 is 0 Å². The highest BCUT2D eigenvalue weighted by molar-refractivity contribution is 6.09. The van der Waals surface area contributed by atoms with Crippen LogP contribution in [0.4, 0.5) is 0 Å². The van der Waals surface area contributed by atoms with Gasteiger partial charge >= 0.3 is 0 Å². The summed E-state index contributed by atoms with van der Waals surface area (Å²) in [7, 11) is 0. The molecule has 0 saturated heterocycles. The van der Waals surface area contributed by atoms with Crippen LogP contribution >= 0.6 is 0 Å². The first-order valence-corrected chi connectivity index (χ1v) is 19.1. The summed E-state index contributed by atoms with van der Waals surface area (Å²) in [6.45, 7) is 4.73. The highest BCUT2D eigenvalue weighted by Crippen LogP contribution is 2.50. The van der Waals surface area contributed by atoms with E-state index in [1.54, 1.807) is 0 Å². The second kappa shape index (κ2) is 12.9. The van der Waals surface area contributed by atoms with Crippen molar-refractivity contribution in [2.75, 3.05) is 0 Å². The molecule has 0 saturated carbocycles. The Morgan fingerprint density at radius 1 is 0.426 bits per heavy atom. The van der Waals surface area contributed by atoms with E-state index in [4.69, 9.17) is 0 Å². The van der Waals surface area contributed by atoms with Crippen LogP contribution in [-0.4, -0.2) is 4.57 Å². The van der Waals surface area contributed by atoms with E-state index in [0.717, 1.165) is 6.42 Å². The maximum Gasteiger partial charge on any atom is 0.0541 e. The summed E-state index contributed by atoms with van der Waals surface area (Å²) < 4.78 is 2.40. The molecule has 9 aromatic rings. The van der Waals surface area contributed by atoms with E-state index in [9.17, 15) is 0 Å². The van der Waals surface area contributed by atoms with E-state index in [2.05, 4.69) is 213 Å². The molecule has 0 aliphatic heterocycles. The lowest BCUT2D eigenvalue weighted by atomic mass is 9.80. The molecule has 1 aromatic heterocycles. The van der Waals surface area contributed by atoms with Crippen LogP contribution in [0.2, 0.25) is 0 Å². The molecule has 8 aromatic carbocycles. The molecular weight excluding hydrogens is 651 g/mol. The molecule has 1 heterocycles. The standard InChI is InChI=1S/C53H41N/c1-53(2)49-22-12-9-19-44(49)48-35-39(27-30-50(48)53)47(42-33-40(37-15-5-3-6-16-37)32-41(34-42)38-17-7-4-8-18-38)31-36-25-28-43(29-26-36)54-51-23-13-10-20-45(51)46-21-11-14-24-52(46)54/h3-30,32-35,47H,31H2,1-2H3/t47-/m0/s1. The Bertz CT molecular complexity index is 2690. The summed E-state index contributed by atoms with van der Waals surface area (Å²) in [5, 5.41) is 2.57. The summed E-state index contributed by atoms with van der Waals surface area (Å²) >= 11 is 0. The molecule has 1 atom stereocenters. The highest BCUT2D eigenvalue weighted by atomic mass is 15.0. The number of para-hydroxylation sites is 2. The van der Waals surface area contributed by atoms with Crippen molar-refractivity contribution in [3.63, 3.8) is 0 Å². The average molecular weight is 692 g/mol. The zero-order chi connectivity index (χ0) is 36.2. The molecule has 1 heteroatoms. The van der Waals surface area contributed by atoms with Crippen molar-refractivity contribution in [1.29, 1.82) is 0 Å². The van der Waals surface area contributed by atoms with Gasteiger partial charge in [0.25, 0.3) is 0 Å². The first-order chi connectivity index (χ1) is 26.5. The topological polar surface area (TPSA) is 4.93 Å². The fourth-order valence-corrected chi connectivity index (χ4v) is 9.05. The van der Waals surface area contributed by atoms with Gasteiger partial charge in [0.05, 0.1) is 11.0 Å². The Labute approximate surface area is 317 Å². The molecule has 0 fully saturated rings. The molecule has 0 unspecified atom stereocenters. The predicted molar refractivity (Wildman–Crippen MR) is 228 cm³/mol. The molecule has 1 nitrogen and oxygen atoms in total. The van der Waals surface area contributed by atoms with Crippen LogP contribution in [0.25, 0.3) is 60.9 Å². The molecule has 1 aliphatic carbocycles. The fraction of sp³-hybridized carbons (Fsp3) is 0.0943. The van der Waals surface area contributed by atoms with Crippen LogP contribution in [0.3, 0.4) is 0 Å². The van der Waals surface area contributed by atoms with Crippen molar-refractivity contribution in [1.82, 2.24) is 4.57 Å². The molecule has 258 valence electrons. The Kier molecular flexibility index (Phi) is 7.70. The number of hydrogen-bond donors (Lipinski definition) is 0. The van der Waals surface area contributed by atoms with Gasteiger partial charge in [-0.1, -0.05) is 178 Å². The minimum absolute atomic E-state index is 0.0315. The zero-order valence-corrected chi connectivity index (χ0v) is 30.7. The molecule has 0 amide bonds. The molecule has 1 aliphatic rings. The average Bonchev–Trinajstić information content (AvgIpc) is 3.69. The summed E-state index contributed by atoms with van der Waals surface area (Å²) in [5.41, 5.74) is 18.1. The first kappa shape index (κ1) is 32.2. The first-order valence-electron chi connectivity index (χ1n) is 19.1. The zero-order valence-electron chi connectivity index (χ0n) is 30.7. The Balaban J connectivity index is 1.12. The second-order valence-electron chi connectivity index (χ2n) is 15.3. The minimum Gasteiger partial charge on any atom is -0.309 e. The highest BCUT2D eigenvalue weighted by Gasteiger charge is 2.35. The number of benzene rings is 8.